The molecule has 98 valence electrons. The third-order valence-corrected chi connectivity index (χ3v) is 5.05. The van der Waals surface area contributed by atoms with Crippen molar-refractivity contribution in [2.45, 2.75) is 44.1 Å². The number of hydrogen-bond acceptors (Lipinski definition) is 3. The van der Waals surface area contributed by atoms with Gasteiger partial charge in [-0.2, -0.15) is 0 Å². The maximum absolute atomic E-state index is 6.39. The number of nitrogens with zero attached hydrogens (tertiary/aromatic N) is 1. The fourth-order valence-corrected chi connectivity index (χ4v) is 4.01. The van der Waals surface area contributed by atoms with E-state index in [1.807, 2.05) is 0 Å². The van der Waals surface area contributed by atoms with E-state index >= 15 is 0 Å². The standard InChI is InChI=1S/C14H26N2O/c15-14(6-8-17-11-14)10-16-7-5-12-3-1-2-4-13(12)9-16/h12-13H,1-11,15H2. The van der Waals surface area contributed by atoms with E-state index in [-0.39, 0.29) is 5.54 Å². The van der Waals surface area contributed by atoms with Crippen LogP contribution in [0, 0.1) is 11.8 Å². The van der Waals surface area contributed by atoms with E-state index < -0.39 is 0 Å². The van der Waals surface area contributed by atoms with Crippen LogP contribution in [0.25, 0.3) is 0 Å². The molecule has 3 nitrogen and oxygen atoms in total. The molecule has 0 radical (unpaired) electrons. The molecular formula is C14H26N2O. The Balaban J connectivity index is 1.55. The first-order valence-electron chi connectivity index (χ1n) is 7.34. The highest BCUT2D eigenvalue weighted by Crippen LogP contribution is 2.36. The monoisotopic (exact) mass is 238 g/mol. The number of rotatable bonds is 2. The van der Waals surface area contributed by atoms with Gasteiger partial charge < -0.3 is 15.4 Å². The molecule has 1 aliphatic carbocycles. The fraction of sp³-hybridized carbons (Fsp3) is 1.00. The van der Waals surface area contributed by atoms with Gasteiger partial charge >= 0.3 is 0 Å². The summed E-state index contributed by atoms with van der Waals surface area (Å²) in [5.74, 6) is 1.98. The van der Waals surface area contributed by atoms with Gasteiger partial charge in [-0.15, -0.1) is 0 Å². The molecule has 0 bridgehead atoms. The molecule has 2 saturated heterocycles. The largest absolute Gasteiger partial charge is 0.379 e. The van der Waals surface area contributed by atoms with Gasteiger partial charge in [0.25, 0.3) is 0 Å². The number of likely N-dealkylation sites (tertiary alicyclic amines) is 1. The Morgan fingerprint density at radius 2 is 2.00 bits per heavy atom. The minimum Gasteiger partial charge on any atom is -0.379 e. The molecule has 0 spiro atoms. The van der Waals surface area contributed by atoms with Gasteiger partial charge in [-0.05, 0) is 37.6 Å². The number of piperidine rings is 1. The smallest absolute Gasteiger partial charge is 0.0659 e. The van der Waals surface area contributed by atoms with E-state index in [0.717, 1.165) is 38.0 Å². The first kappa shape index (κ1) is 11.9. The minimum atomic E-state index is -0.0541. The first-order chi connectivity index (χ1) is 8.25. The van der Waals surface area contributed by atoms with Gasteiger partial charge in [-0.1, -0.05) is 19.3 Å². The van der Waals surface area contributed by atoms with Crippen LogP contribution in [0.5, 0.6) is 0 Å². The normalized spacial score (nSPS) is 43.6. The Morgan fingerprint density at radius 1 is 1.18 bits per heavy atom. The summed E-state index contributed by atoms with van der Waals surface area (Å²) in [6.07, 6.45) is 8.30. The average Bonchev–Trinajstić information content (AvgIpc) is 2.76. The van der Waals surface area contributed by atoms with Gasteiger partial charge in [0.1, 0.15) is 0 Å². The Morgan fingerprint density at radius 3 is 2.76 bits per heavy atom. The highest BCUT2D eigenvalue weighted by Gasteiger charge is 2.36. The second-order valence-electron chi connectivity index (χ2n) is 6.49. The molecule has 2 N–H and O–H groups in total. The second kappa shape index (κ2) is 4.87. The summed E-state index contributed by atoms with van der Waals surface area (Å²) in [6, 6.07) is 0. The predicted octanol–water partition coefficient (Wildman–Crippen LogP) is 1.62. The Bertz CT molecular complexity index is 263. The molecule has 1 saturated carbocycles. The average molecular weight is 238 g/mol. The van der Waals surface area contributed by atoms with Gasteiger partial charge in [-0.25, -0.2) is 0 Å². The number of hydrogen-bond donors (Lipinski definition) is 1. The zero-order valence-electron chi connectivity index (χ0n) is 10.9. The van der Waals surface area contributed by atoms with Crippen LogP contribution in [0.15, 0.2) is 0 Å². The molecule has 17 heavy (non-hydrogen) atoms. The van der Waals surface area contributed by atoms with Gasteiger partial charge in [0.15, 0.2) is 0 Å². The van der Waals surface area contributed by atoms with Crippen molar-refractivity contribution in [1.82, 2.24) is 4.90 Å². The quantitative estimate of drug-likeness (QED) is 0.794. The number of ether oxygens (including phenoxy) is 1. The summed E-state index contributed by atoms with van der Waals surface area (Å²) in [5, 5.41) is 0. The molecule has 3 atom stereocenters. The lowest BCUT2D eigenvalue weighted by Gasteiger charge is -2.43. The molecule has 3 fully saturated rings. The van der Waals surface area contributed by atoms with Crippen molar-refractivity contribution in [2.24, 2.45) is 17.6 Å². The van der Waals surface area contributed by atoms with E-state index in [1.165, 1.54) is 45.2 Å². The molecule has 0 amide bonds. The van der Waals surface area contributed by atoms with Crippen LogP contribution in [0.4, 0.5) is 0 Å². The molecule has 0 aromatic heterocycles. The summed E-state index contributed by atoms with van der Waals surface area (Å²) in [7, 11) is 0. The lowest BCUT2D eigenvalue weighted by atomic mass is 9.75. The minimum absolute atomic E-state index is 0.0541. The highest BCUT2D eigenvalue weighted by molar-refractivity contribution is 4.93. The molecule has 0 aromatic rings. The summed E-state index contributed by atoms with van der Waals surface area (Å²) < 4.78 is 5.46. The van der Waals surface area contributed by atoms with Gasteiger partial charge in [0.2, 0.25) is 0 Å². The number of fused-ring (bicyclic) bond motifs is 1. The van der Waals surface area contributed by atoms with Gasteiger partial charge in [-0.3, -0.25) is 0 Å². The molecule has 2 heterocycles. The number of nitrogens with two attached hydrogens (primary N) is 1. The molecule has 3 heteroatoms. The second-order valence-corrected chi connectivity index (χ2v) is 6.49. The van der Waals surface area contributed by atoms with E-state index in [2.05, 4.69) is 4.90 Å². The van der Waals surface area contributed by atoms with Crippen LogP contribution in [-0.2, 0) is 4.74 Å². The van der Waals surface area contributed by atoms with Crippen molar-refractivity contribution in [1.29, 1.82) is 0 Å². The van der Waals surface area contributed by atoms with Crippen LogP contribution >= 0.6 is 0 Å². The van der Waals surface area contributed by atoms with Crippen molar-refractivity contribution < 1.29 is 4.74 Å². The van der Waals surface area contributed by atoms with Crippen molar-refractivity contribution in [3.8, 4) is 0 Å². The maximum atomic E-state index is 6.39. The van der Waals surface area contributed by atoms with Crippen molar-refractivity contribution in [3.05, 3.63) is 0 Å². The summed E-state index contributed by atoms with van der Waals surface area (Å²) >= 11 is 0. The van der Waals surface area contributed by atoms with Gasteiger partial charge in [0, 0.05) is 19.7 Å². The van der Waals surface area contributed by atoms with Crippen molar-refractivity contribution in [2.75, 3.05) is 32.8 Å². The lowest BCUT2D eigenvalue weighted by Crippen LogP contribution is -2.54. The van der Waals surface area contributed by atoms with E-state index in [9.17, 15) is 0 Å². The van der Waals surface area contributed by atoms with E-state index in [4.69, 9.17) is 10.5 Å². The van der Waals surface area contributed by atoms with Crippen LogP contribution in [0.1, 0.15) is 38.5 Å². The summed E-state index contributed by atoms with van der Waals surface area (Å²) in [4.78, 5) is 2.61. The van der Waals surface area contributed by atoms with Crippen LogP contribution in [0.3, 0.4) is 0 Å². The topological polar surface area (TPSA) is 38.5 Å². The van der Waals surface area contributed by atoms with Gasteiger partial charge in [0.05, 0.1) is 12.1 Å². The van der Waals surface area contributed by atoms with Crippen molar-refractivity contribution >= 4 is 0 Å². The summed E-state index contributed by atoms with van der Waals surface area (Å²) in [5.41, 5.74) is 6.34. The first-order valence-corrected chi connectivity index (χ1v) is 7.34. The fourth-order valence-electron chi connectivity index (χ4n) is 4.01. The zero-order chi connectivity index (χ0) is 11.7. The van der Waals surface area contributed by atoms with Crippen LogP contribution in [0.2, 0.25) is 0 Å². The highest BCUT2D eigenvalue weighted by atomic mass is 16.5. The third-order valence-electron chi connectivity index (χ3n) is 5.05. The molecule has 3 rings (SSSR count). The Hall–Kier alpha value is -0.120. The molecule has 3 aliphatic rings. The van der Waals surface area contributed by atoms with Crippen LogP contribution in [-0.4, -0.2) is 43.3 Å². The molecule has 0 aromatic carbocycles. The maximum Gasteiger partial charge on any atom is 0.0659 e. The summed E-state index contributed by atoms with van der Waals surface area (Å²) in [6.45, 7) is 5.23. The SMILES string of the molecule is NC1(CN2CCC3CCCCC3C2)CCOC1. The Kier molecular flexibility index (Phi) is 3.42. The van der Waals surface area contributed by atoms with Crippen LogP contribution < -0.4 is 5.73 Å². The van der Waals surface area contributed by atoms with E-state index in [1.54, 1.807) is 0 Å². The molecule has 2 aliphatic heterocycles. The third kappa shape index (κ3) is 2.67. The Labute approximate surface area is 105 Å². The van der Waals surface area contributed by atoms with Crippen molar-refractivity contribution in [3.63, 3.8) is 0 Å². The molecular weight excluding hydrogens is 212 g/mol. The van der Waals surface area contributed by atoms with E-state index in [0.29, 0.717) is 0 Å². The zero-order valence-corrected chi connectivity index (χ0v) is 10.9. The lowest BCUT2D eigenvalue weighted by molar-refractivity contribution is 0.0664. The molecule has 3 unspecified atom stereocenters. The predicted molar refractivity (Wildman–Crippen MR) is 68.9 cm³/mol.